The summed E-state index contributed by atoms with van der Waals surface area (Å²) in [5.41, 5.74) is 1.19. The maximum absolute atomic E-state index is 4.38. The van der Waals surface area contributed by atoms with Gasteiger partial charge in [0.05, 0.1) is 0 Å². The van der Waals surface area contributed by atoms with Crippen LogP contribution in [0.25, 0.3) is 0 Å². The summed E-state index contributed by atoms with van der Waals surface area (Å²) in [6, 6.07) is 0. The van der Waals surface area contributed by atoms with Crippen LogP contribution in [0.15, 0.2) is 6.33 Å². The van der Waals surface area contributed by atoms with Gasteiger partial charge in [0.15, 0.2) is 0 Å². The molecule has 0 fully saturated rings. The molecule has 16 heavy (non-hydrogen) atoms. The molecule has 1 N–H and O–H groups in total. The van der Waals surface area contributed by atoms with Crippen LogP contribution in [-0.4, -0.2) is 42.6 Å². The highest BCUT2D eigenvalue weighted by Crippen LogP contribution is 2.22. The monoisotopic (exact) mass is 240 g/mol. The lowest BCUT2D eigenvalue weighted by atomic mass is 10.2. The summed E-state index contributed by atoms with van der Waals surface area (Å²) in [6.45, 7) is 3.14. The van der Waals surface area contributed by atoms with Crippen molar-refractivity contribution >= 4 is 23.4 Å². The van der Waals surface area contributed by atoms with E-state index in [2.05, 4.69) is 40.4 Å². The molecule has 0 unspecified atom stereocenters. The van der Waals surface area contributed by atoms with E-state index < -0.39 is 0 Å². The van der Waals surface area contributed by atoms with Crippen LogP contribution in [0.1, 0.15) is 12.5 Å². The predicted molar refractivity (Wildman–Crippen MR) is 72.6 cm³/mol. The van der Waals surface area contributed by atoms with Crippen LogP contribution in [0, 0.1) is 0 Å². The Hall–Kier alpha value is -0.970. The molecule has 0 aliphatic carbocycles. The molecule has 1 aromatic rings. The molecule has 0 saturated heterocycles. The van der Waals surface area contributed by atoms with Gasteiger partial charge in [0, 0.05) is 32.0 Å². The first-order valence-corrected chi connectivity index (χ1v) is 6.85. The number of nitrogens with zero attached hydrogens (tertiary/aromatic N) is 3. The Kier molecular flexibility index (Phi) is 5.38. The van der Waals surface area contributed by atoms with Gasteiger partial charge in [0.1, 0.15) is 18.0 Å². The SMILES string of the molecule is CCc1c(NC)ncnc1N(C)CCSC. The minimum Gasteiger partial charge on any atom is -0.373 e. The maximum Gasteiger partial charge on any atom is 0.137 e. The molecule has 90 valence electrons. The number of rotatable bonds is 6. The molecule has 0 amide bonds. The van der Waals surface area contributed by atoms with E-state index in [1.807, 2.05) is 18.8 Å². The third kappa shape index (κ3) is 3.01. The van der Waals surface area contributed by atoms with Gasteiger partial charge in [-0.1, -0.05) is 6.92 Å². The molecule has 1 rings (SSSR count). The van der Waals surface area contributed by atoms with Gasteiger partial charge in [0.25, 0.3) is 0 Å². The summed E-state index contributed by atoms with van der Waals surface area (Å²) in [7, 11) is 3.98. The molecule has 0 atom stereocenters. The van der Waals surface area contributed by atoms with E-state index in [0.717, 1.165) is 30.4 Å². The van der Waals surface area contributed by atoms with Gasteiger partial charge in [-0.05, 0) is 12.7 Å². The molecule has 1 aromatic heterocycles. The third-order valence-corrected chi connectivity index (χ3v) is 3.10. The second-order valence-electron chi connectivity index (χ2n) is 3.54. The number of nitrogens with one attached hydrogen (secondary N) is 1. The quantitative estimate of drug-likeness (QED) is 0.822. The highest BCUT2D eigenvalue weighted by molar-refractivity contribution is 7.98. The van der Waals surface area contributed by atoms with Crippen LogP contribution in [-0.2, 0) is 6.42 Å². The van der Waals surface area contributed by atoms with E-state index in [1.54, 1.807) is 6.33 Å². The number of hydrogen-bond acceptors (Lipinski definition) is 5. The molecule has 0 aromatic carbocycles. The van der Waals surface area contributed by atoms with Crippen LogP contribution in [0.5, 0.6) is 0 Å². The Morgan fingerprint density at radius 2 is 2.19 bits per heavy atom. The molecule has 0 aliphatic heterocycles. The summed E-state index contributed by atoms with van der Waals surface area (Å²) < 4.78 is 0. The fourth-order valence-electron chi connectivity index (χ4n) is 1.61. The molecule has 0 radical (unpaired) electrons. The van der Waals surface area contributed by atoms with Gasteiger partial charge in [-0.15, -0.1) is 0 Å². The van der Waals surface area contributed by atoms with Crippen molar-refractivity contribution in [3.8, 4) is 0 Å². The van der Waals surface area contributed by atoms with Crippen molar-refractivity contribution in [2.24, 2.45) is 0 Å². The van der Waals surface area contributed by atoms with Gasteiger partial charge in [-0.25, -0.2) is 9.97 Å². The first kappa shape index (κ1) is 13.1. The Balaban J connectivity index is 2.93. The zero-order chi connectivity index (χ0) is 12.0. The van der Waals surface area contributed by atoms with Gasteiger partial charge in [-0.2, -0.15) is 11.8 Å². The average molecular weight is 240 g/mol. The lowest BCUT2D eigenvalue weighted by molar-refractivity contribution is 0.909. The Morgan fingerprint density at radius 1 is 1.44 bits per heavy atom. The summed E-state index contributed by atoms with van der Waals surface area (Å²) in [6.07, 6.45) is 4.68. The number of hydrogen-bond donors (Lipinski definition) is 1. The fraction of sp³-hybridized carbons (Fsp3) is 0.636. The lowest BCUT2D eigenvalue weighted by Crippen LogP contribution is -2.23. The molecule has 0 saturated carbocycles. The number of anilines is 2. The number of thioether (sulfide) groups is 1. The Bertz CT molecular complexity index is 330. The Labute approximate surface area is 102 Å². The molecule has 0 aliphatic rings. The summed E-state index contributed by atoms with van der Waals surface area (Å²) in [4.78, 5) is 10.8. The van der Waals surface area contributed by atoms with Gasteiger partial charge in [-0.3, -0.25) is 0 Å². The first-order chi connectivity index (χ1) is 7.74. The molecular formula is C11H20N4S. The molecule has 4 nitrogen and oxygen atoms in total. The second-order valence-corrected chi connectivity index (χ2v) is 4.53. The highest BCUT2D eigenvalue weighted by Gasteiger charge is 2.11. The van der Waals surface area contributed by atoms with E-state index in [-0.39, 0.29) is 0 Å². The smallest absolute Gasteiger partial charge is 0.137 e. The Morgan fingerprint density at radius 3 is 2.75 bits per heavy atom. The molecule has 1 heterocycles. The largest absolute Gasteiger partial charge is 0.373 e. The van der Waals surface area contributed by atoms with E-state index in [9.17, 15) is 0 Å². The van der Waals surface area contributed by atoms with Crippen LogP contribution in [0.4, 0.5) is 11.6 Å². The first-order valence-electron chi connectivity index (χ1n) is 5.46. The maximum atomic E-state index is 4.38. The van der Waals surface area contributed by atoms with Crippen LogP contribution in [0.2, 0.25) is 0 Å². The molecule has 0 spiro atoms. The number of aromatic nitrogens is 2. The van der Waals surface area contributed by atoms with Crippen LogP contribution >= 0.6 is 11.8 Å². The third-order valence-electron chi connectivity index (χ3n) is 2.51. The molecular weight excluding hydrogens is 220 g/mol. The highest BCUT2D eigenvalue weighted by atomic mass is 32.2. The predicted octanol–water partition coefficient (Wildman–Crippen LogP) is 1.88. The van der Waals surface area contributed by atoms with Gasteiger partial charge in [0.2, 0.25) is 0 Å². The van der Waals surface area contributed by atoms with Gasteiger partial charge < -0.3 is 10.2 Å². The molecule has 5 heteroatoms. The zero-order valence-electron chi connectivity index (χ0n) is 10.4. The summed E-state index contributed by atoms with van der Waals surface area (Å²) >= 11 is 1.85. The minimum atomic E-state index is 0.934. The van der Waals surface area contributed by atoms with E-state index in [0.29, 0.717) is 0 Å². The van der Waals surface area contributed by atoms with E-state index in [1.165, 1.54) is 5.56 Å². The standard InChI is InChI=1S/C11H20N4S/c1-5-9-10(12-2)13-8-14-11(9)15(3)6-7-16-4/h8H,5-7H2,1-4H3,(H,12,13,14). The van der Waals surface area contributed by atoms with Crippen LogP contribution in [0.3, 0.4) is 0 Å². The fourth-order valence-corrected chi connectivity index (χ4v) is 2.06. The second kappa shape index (κ2) is 6.58. The minimum absolute atomic E-state index is 0.934. The van der Waals surface area contributed by atoms with Crippen molar-refractivity contribution < 1.29 is 0 Å². The van der Waals surface area contributed by atoms with Crippen LogP contribution < -0.4 is 10.2 Å². The zero-order valence-corrected chi connectivity index (χ0v) is 11.3. The summed E-state index contributed by atoms with van der Waals surface area (Å²) in [5, 5.41) is 3.11. The topological polar surface area (TPSA) is 41.1 Å². The molecule has 0 bridgehead atoms. The van der Waals surface area contributed by atoms with E-state index in [4.69, 9.17) is 0 Å². The lowest BCUT2D eigenvalue weighted by Gasteiger charge is -2.21. The van der Waals surface area contributed by atoms with Gasteiger partial charge >= 0.3 is 0 Å². The van der Waals surface area contributed by atoms with Crippen molar-refractivity contribution in [1.82, 2.24) is 9.97 Å². The normalized spacial score (nSPS) is 10.2. The van der Waals surface area contributed by atoms with E-state index >= 15 is 0 Å². The average Bonchev–Trinajstić information content (AvgIpc) is 2.34. The van der Waals surface area contributed by atoms with Crippen molar-refractivity contribution in [2.75, 3.05) is 42.9 Å². The van der Waals surface area contributed by atoms with Crippen molar-refractivity contribution in [2.45, 2.75) is 13.3 Å². The summed E-state index contributed by atoms with van der Waals surface area (Å²) in [5.74, 6) is 3.08. The van der Waals surface area contributed by atoms with Crippen molar-refractivity contribution in [1.29, 1.82) is 0 Å². The van der Waals surface area contributed by atoms with Crippen molar-refractivity contribution in [3.63, 3.8) is 0 Å². The van der Waals surface area contributed by atoms with Crippen molar-refractivity contribution in [3.05, 3.63) is 11.9 Å².